The third-order valence-electron chi connectivity index (χ3n) is 4.15. The van der Waals surface area contributed by atoms with Gasteiger partial charge in [-0.25, -0.2) is 8.70 Å². The van der Waals surface area contributed by atoms with Crippen molar-refractivity contribution in [2.45, 2.75) is 18.9 Å². The van der Waals surface area contributed by atoms with Gasteiger partial charge in [-0.3, -0.25) is 4.68 Å². The Labute approximate surface area is 176 Å². The number of aryl methyl sites for hydroxylation is 1. The molecule has 0 bridgehead atoms. The number of nitrogens with one attached hydrogen (secondary N) is 1. The summed E-state index contributed by atoms with van der Waals surface area (Å²) in [4.78, 5) is 0. The molecule has 0 radical (unpaired) electrons. The number of nitrogens with zero attached hydrogens (tertiary/aromatic N) is 4. The van der Waals surface area contributed by atoms with Crippen LogP contribution in [0.4, 0.5) is 15.8 Å². The first-order chi connectivity index (χ1) is 13.7. The fourth-order valence-electron chi connectivity index (χ4n) is 2.91. The van der Waals surface area contributed by atoms with E-state index in [2.05, 4.69) is 14.8 Å². The first kappa shape index (κ1) is 21.6. The molecule has 0 saturated carbocycles. The standard InChI is InChI=1S/C16H18Cl2FN5O4S/c1-23-9-12(8-20-23)24(11-2-4-28-5-3-11)29(26,27)22-16(25)21-14-7-10(17)6-13(18)15(14)19/h6-9,11H,2-5H2,1H3,(H2,21,22,25)/p-1. The van der Waals surface area contributed by atoms with Gasteiger partial charge in [0, 0.05) is 31.5 Å². The van der Waals surface area contributed by atoms with E-state index in [1.165, 1.54) is 17.1 Å². The lowest BCUT2D eigenvalue weighted by Crippen LogP contribution is -2.44. The van der Waals surface area contributed by atoms with Crippen molar-refractivity contribution in [3.63, 3.8) is 0 Å². The Morgan fingerprint density at radius 3 is 2.72 bits per heavy atom. The molecule has 29 heavy (non-hydrogen) atoms. The van der Waals surface area contributed by atoms with E-state index in [-0.39, 0.29) is 21.4 Å². The molecule has 1 N–H and O–H groups in total. The van der Waals surface area contributed by atoms with Crippen LogP contribution in [0.15, 0.2) is 28.9 Å². The Kier molecular flexibility index (Phi) is 6.52. The molecule has 3 rings (SSSR count). The van der Waals surface area contributed by atoms with Gasteiger partial charge in [-0.15, -0.1) is 4.40 Å². The molecule has 1 aliphatic heterocycles. The minimum Gasteiger partial charge on any atom is -0.845 e. The Balaban J connectivity index is 1.93. The van der Waals surface area contributed by atoms with Crippen molar-refractivity contribution in [1.82, 2.24) is 9.78 Å². The van der Waals surface area contributed by atoms with E-state index < -0.39 is 28.1 Å². The molecule has 0 unspecified atom stereocenters. The largest absolute Gasteiger partial charge is 0.845 e. The molecule has 1 fully saturated rings. The summed E-state index contributed by atoms with van der Waals surface area (Å²) in [5.41, 5.74) is -0.127. The van der Waals surface area contributed by atoms with Crippen LogP contribution in [0.1, 0.15) is 12.8 Å². The number of rotatable bonds is 5. The highest BCUT2D eigenvalue weighted by molar-refractivity contribution is 7.91. The van der Waals surface area contributed by atoms with Crippen molar-refractivity contribution in [1.29, 1.82) is 0 Å². The van der Waals surface area contributed by atoms with Gasteiger partial charge in [0.05, 0.1) is 34.7 Å². The van der Waals surface area contributed by atoms with Gasteiger partial charge in [0.15, 0.2) is 5.82 Å². The topological polar surface area (TPSA) is 112 Å². The number of amidine groups is 1. The first-order valence-corrected chi connectivity index (χ1v) is 10.6. The summed E-state index contributed by atoms with van der Waals surface area (Å²) in [6.45, 7) is 0.741. The van der Waals surface area contributed by atoms with Crippen LogP contribution in [-0.4, -0.2) is 43.5 Å². The van der Waals surface area contributed by atoms with Crippen molar-refractivity contribution >= 4 is 50.8 Å². The fourth-order valence-corrected chi connectivity index (χ4v) is 4.69. The maximum absolute atomic E-state index is 14.1. The number of ether oxygens (including phenoxy) is 1. The molecule has 2 aromatic rings. The summed E-state index contributed by atoms with van der Waals surface area (Å²) in [5, 5.41) is 18.0. The van der Waals surface area contributed by atoms with Gasteiger partial charge >= 0.3 is 10.2 Å². The molecule has 1 aliphatic rings. The zero-order chi connectivity index (χ0) is 21.2. The molecule has 0 aliphatic carbocycles. The third kappa shape index (κ3) is 5.10. The van der Waals surface area contributed by atoms with Gasteiger partial charge in [0.2, 0.25) is 0 Å². The van der Waals surface area contributed by atoms with E-state index in [1.54, 1.807) is 7.05 Å². The van der Waals surface area contributed by atoms with Gasteiger partial charge < -0.3 is 15.2 Å². The number of aromatic nitrogens is 2. The summed E-state index contributed by atoms with van der Waals surface area (Å²) in [5.74, 6) is -0.953. The molecular weight excluding hydrogens is 448 g/mol. The summed E-state index contributed by atoms with van der Waals surface area (Å²) in [6.07, 6.45) is 3.70. The summed E-state index contributed by atoms with van der Waals surface area (Å²) < 4.78 is 51.0. The van der Waals surface area contributed by atoms with E-state index in [9.17, 15) is 17.9 Å². The van der Waals surface area contributed by atoms with Gasteiger partial charge in [0.1, 0.15) is 0 Å². The van der Waals surface area contributed by atoms with E-state index >= 15 is 0 Å². The van der Waals surface area contributed by atoms with E-state index in [0.29, 0.717) is 26.1 Å². The van der Waals surface area contributed by atoms with Gasteiger partial charge in [-0.05, 0) is 25.0 Å². The van der Waals surface area contributed by atoms with E-state index in [1.807, 2.05) is 0 Å². The van der Waals surface area contributed by atoms with Crippen molar-refractivity contribution in [2.24, 2.45) is 11.4 Å². The van der Waals surface area contributed by atoms with Crippen molar-refractivity contribution in [3.8, 4) is 0 Å². The molecular formula is C16H17Cl2FN5O4S-. The predicted molar refractivity (Wildman–Crippen MR) is 106 cm³/mol. The molecule has 0 amide bonds. The summed E-state index contributed by atoms with van der Waals surface area (Å²) in [7, 11) is -2.83. The average molecular weight is 465 g/mol. The zero-order valence-electron chi connectivity index (χ0n) is 15.2. The van der Waals surface area contributed by atoms with Gasteiger partial charge in [-0.1, -0.05) is 23.2 Å². The Morgan fingerprint density at radius 2 is 2.10 bits per heavy atom. The number of anilines is 2. The lowest BCUT2D eigenvalue weighted by molar-refractivity contribution is -0.213. The highest BCUT2D eigenvalue weighted by Crippen LogP contribution is 2.28. The predicted octanol–water partition coefficient (Wildman–Crippen LogP) is 1.92. The van der Waals surface area contributed by atoms with Gasteiger partial charge in [-0.2, -0.15) is 13.5 Å². The lowest BCUT2D eigenvalue weighted by Gasteiger charge is -2.32. The maximum atomic E-state index is 14.1. The molecule has 0 atom stereocenters. The van der Waals surface area contributed by atoms with Crippen LogP contribution in [0.25, 0.3) is 0 Å². The monoisotopic (exact) mass is 464 g/mol. The molecule has 1 aromatic carbocycles. The second-order valence-electron chi connectivity index (χ2n) is 6.26. The number of halogens is 3. The molecule has 1 aromatic heterocycles. The molecule has 13 heteroatoms. The van der Waals surface area contributed by atoms with Crippen LogP contribution in [0.3, 0.4) is 0 Å². The van der Waals surface area contributed by atoms with Crippen molar-refractivity contribution in [2.75, 3.05) is 22.8 Å². The van der Waals surface area contributed by atoms with Crippen molar-refractivity contribution in [3.05, 3.63) is 40.4 Å². The van der Waals surface area contributed by atoms with Crippen LogP contribution in [0.5, 0.6) is 0 Å². The molecule has 0 spiro atoms. The highest BCUT2D eigenvalue weighted by atomic mass is 35.5. The van der Waals surface area contributed by atoms with E-state index in [0.717, 1.165) is 16.4 Å². The Hall–Kier alpha value is -2.08. The Morgan fingerprint density at radius 1 is 1.41 bits per heavy atom. The van der Waals surface area contributed by atoms with Crippen LogP contribution >= 0.6 is 23.2 Å². The minimum absolute atomic E-state index is 0.0637. The van der Waals surface area contributed by atoms with Crippen LogP contribution in [0.2, 0.25) is 10.0 Å². The number of hydrogen-bond acceptors (Lipinski definition) is 5. The summed E-state index contributed by atoms with van der Waals surface area (Å²) in [6, 6.07) is 0.493. The minimum atomic E-state index is -4.47. The fraction of sp³-hybridized carbons (Fsp3) is 0.375. The number of hydrogen-bond donors (Lipinski definition) is 1. The molecule has 1 saturated heterocycles. The van der Waals surface area contributed by atoms with Crippen LogP contribution in [0, 0.1) is 5.82 Å². The van der Waals surface area contributed by atoms with Crippen LogP contribution in [-0.2, 0) is 22.0 Å². The maximum Gasteiger partial charge on any atom is 0.345 e. The quantitative estimate of drug-likeness (QED) is 0.410. The summed E-state index contributed by atoms with van der Waals surface area (Å²) >= 11 is 11.5. The third-order valence-corrected chi connectivity index (χ3v) is 6.05. The Bertz CT molecular complexity index is 1020. The molecule has 158 valence electrons. The second-order valence-corrected chi connectivity index (χ2v) is 8.58. The molecule has 9 nitrogen and oxygen atoms in total. The van der Waals surface area contributed by atoms with Crippen LogP contribution < -0.4 is 14.7 Å². The SMILES string of the molecule is Cn1cc(N(C2CCOCC2)S(=O)(=O)/N=C(\[O-])Nc2cc(Cl)cc(Cl)c2F)cn1. The average Bonchev–Trinajstić information content (AvgIpc) is 3.05. The molecule has 2 heterocycles. The van der Waals surface area contributed by atoms with E-state index in [4.69, 9.17) is 27.9 Å². The number of benzene rings is 1. The second kappa shape index (κ2) is 8.74. The van der Waals surface area contributed by atoms with Gasteiger partial charge in [0.25, 0.3) is 0 Å². The zero-order valence-corrected chi connectivity index (χ0v) is 17.5. The smallest absolute Gasteiger partial charge is 0.345 e. The van der Waals surface area contributed by atoms with Crippen molar-refractivity contribution < 1.29 is 22.7 Å². The highest BCUT2D eigenvalue weighted by Gasteiger charge is 2.32. The first-order valence-electron chi connectivity index (χ1n) is 8.46. The normalized spacial score (nSPS) is 16.1. The lowest BCUT2D eigenvalue weighted by atomic mass is 10.1.